The van der Waals surface area contributed by atoms with Gasteiger partial charge in [0, 0.05) is 31.3 Å². The van der Waals surface area contributed by atoms with Crippen LogP contribution in [0.25, 0.3) is 0 Å². The topological polar surface area (TPSA) is 89.3 Å². The predicted octanol–water partition coefficient (Wildman–Crippen LogP) is 1.92. The first-order valence-corrected chi connectivity index (χ1v) is 9.33. The number of thiazole rings is 1. The zero-order chi connectivity index (χ0) is 17.6. The van der Waals surface area contributed by atoms with Gasteiger partial charge in [-0.15, -0.1) is 45.5 Å². The van der Waals surface area contributed by atoms with Crippen molar-refractivity contribution in [1.82, 2.24) is 30.4 Å². The first-order chi connectivity index (χ1) is 12.1. The van der Waals surface area contributed by atoms with Gasteiger partial charge in [0.05, 0.1) is 12.6 Å². The molecule has 0 aromatic carbocycles. The highest BCUT2D eigenvalue weighted by molar-refractivity contribution is 14.0. The van der Waals surface area contributed by atoms with E-state index in [9.17, 15) is 0 Å². The lowest BCUT2D eigenvalue weighted by molar-refractivity contribution is 0.114. The Morgan fingerprint density at radius 2 is 2.23 bits per heavy atom. The van der Waals surface area contributed by atoms with E-state index >= 15 is 0 Å². The molecule has 1 saturated heterocycles. The third kappa shape index (κ3) is 5.88. The second kappa shape index (κ2) is 10.2. The maximum absolute atomic E-state index is 5.67. The summed E-state index contributed by atoms with van der Waals surface area (Å²) in [6, 6.07) is 0. The first kappa shape index (κ1) is 21.0. The van der Waals surface area contributed by atoms with Gasteiger partial charge in [-0.05, 0) is 26.7 Å². The number of halogens is 1. The van der Waals surface area contributed by atoms with Crippen LogP contribution in [-0.2, 0) is 24.9 Å². The van der Waals surface area contributed by atoms with Gasteiger partial charge in [0.1, 0.15) is 17.4 Å². The van der Waals surface area contributed by atoms with Gasteiger partial charge < -0.3 is 19.9 Å². The summed E-state index contributed by atoms with van der Waals surface area (Å²) < 4.78 is 7.62. The summed E-state index contributed by atoms with van der Waals surface area (Å²) in [5.41, 5.74) is 0. The fourth-order valence-corrected chi connectivity index (χ4v) is 3.30. The van der Waals surface area contributed by atoms with E-state index < -0.39 is 0 Å². The molecule has 1 aliphatic heterocycles. The number of aliphatic imine (C=N–C) groups is 1. The Morgan fingerprint density at radius 1 is 1.38 bits per heavy atom. The number of hydrogen-bond acceptors (Lipinski definition) is 6. The smallest absolute Gasteiger partial charge is 0.192 e. The SMILES string of the molecule is Cc1cnc(CNC(=NCc2nnc(C)n2C)NCC2CCCO2)s1.I. The molecule has 0 radical (unpaired) electrons. The largest absolute Gasteiger partial charge is 0.376 e. The van der Waals surface area contributed by atoms with Gasteiger partial charge in [-0.25, -0.2) is 9.98 Å². The Kier molecular flexibility index (Phi) is 8.22. The van der Waals surface area contributed by atoms with Gasteiger partial charge in [0.25, 0.3) is 0 Å². The molecule has 2 N–H and O–H groups in total. The zero-order valence-electron chi connectivity index (χ0n) is 15.4. The Hall–Kier alpha value is -1.27. The minimum absolute atomic E-state index is 0. The van der Waals surface area contributed by atoms with Crippen molar-refractivity contribution in [3.8, 4) is 0 Å². The second-order valence-electron chi connectivity index (χ2n) is 6.12. The van der Waals surface area contributed by atoms with E-state index in [2.05, 4.69) is 37.7 Å². The van der Waals surface area contributed by atoms with Crippen molar-refractivity contribution in [2.75, 3.05) is 13.2 Å². The number of aryl methyl sites for hydroxylation is 2. The van der Waals surface area contributed by atoms with Crippen molar-refractivity contribution in [3.05, 3.63) is 27.7 Å². The van der Waals surface area contributed by atoms with Crippen LogP contribution in [-0.4, -0.2) is 45.0 Å². The summed E-state index contributed by atoms with van der Waals surface area (Å²) in [4.78, 5) is 10.2. The molecule has 0 spiro atoms. The van der Waals surface area contributed by atoms with Gasteiger partial charge in [-0.2, -0.15) is 0 Å². The average molecular weight is 491 g/mol. The molecule has 2 aromatic heterocycles. The number of guanidine groups is 1. The monoisotopic (exact) mass is 491 g/mol. The van der Waals surface area contributed by atoms with E-state index in [4.69, 9.17) is 4.74 Å². The van der Waals surface area contributed by atoms with Crippen molar-refractivity contribution >= 4 is 41.3 Å². The van der Waals surface area contributed by atoms with Gasteiger partial charge >= 0.3 is 0 Å². The summed E-state index contributed by atoms with van der Waals surface area (Å²) in [5, 5.41) is 16.0. The summed E-state index contributed by atoms with van der Waals surface area (Å²) in [5.74, 6) is 2.45. The van der Waals surface area contributed by atoms with Crippen molar-refractivity contribution in [2.45, 2.75) is 45.9 Å². The van der Waals surface area contributed by atoms with Crippen LogP contribution in [0, 0.1) is 13.8 Å². The van der Waals surface area contributed by atoms with E-state index in [1.807, 2.05) is 24.7 Å². The molecule has 8 nitrogen and oxygen atoms in total. The van der Waals surface area contributed by atoms with Gasteiger partial charge in [0.2, 0.25) is 0 Å². The average Bonchev–Trinajstić information content (AvgIpc) is 3.32. The molecular formula is C16H26IN7OS. The summed E-state index contributed by atoms with van der Waals surface area (Å²) in [6.45, 7) is 6.70. The van der Waals surface area contributed by atoms with Gasteiger partial charge in [-0.3, -0.25) is 0 Å². The highest BCUT2D eigenvalue weighted by atomic mass is 127. The maximum Gasteiger partial charge on any atom is 0.192 e. The van der Waals surface area contributed by atoms with Crippen LogP contribution in [0.3, 0.4) is 0 Å². The molecule has 0 saturated carbocycles. The summed E-state index contributed by atoms with van der Waals surface area (Å²) in [7, 11) is 1.95. The molecule has 1 unspecified atom stereocenters. The van der Waals surface area contributed by atoms with E-state index in [1.165, 1.54) is 4.88 Å². The minimum Gasteiger partial charge on any atom is -0.376 e. The van der Waals surface area contributed by atoms with Crippen LogP contribution in [0.15, 0.2) is 11.2 Å². The fourth-order valence-electron chi connectivity index (χ4n) is 2.57. The third-order valence-electron chi connectivity index (χ3n) is 4.16. The number of nitrogens with zero attached hydrogens (tertiary/aromatic N) is 5. The molecule has 0 amide bonds. The molecule has 26 heavy (non-hydrogen) atoms. The molecule has 1 fully saturated rings. The Morgan fingerprint density at radius 3 is 2.85 bits per heavy atom. The van der Waals surface area contributed by atoms with Crippen LogP contribution in [0.2, 0.25) is 0 Å². The van der Waals surface area contributed by atoms with Crippen LogP contribution >= 0.6 is 35.3 Å². The van der Waals surface area contributed by atoms with Crippen LogP contribution < -0.4 is 10.6 Å². The number of rotatable bonds is 6. The van der Waals surface area contributed by atoms with Crippen LogP contribution in [0.1, 0.15) is 34.4 Å². The molecular weight excluding hydrogens is 465 g/mol. The second-order valence-corrected chi connectivity index (χ2v) is 7.44. The predicted molar refractivity (Wildman–Crippen MR) is 113 cm³/mol. The third-order valence-corrected chi connectivity index (χ3v) is 5.07. The highest BCUT2D eigenvalue weighted by Crippen LogP contribution is 2.11. The molecule has 3 heterocycles. The number of nitrogens with one attached hydrogen (secondary N) is 2. The molecule has 3 rings (SSSR count). The van der Waals surface area contributed by atoms with Gasteiger partial charge in [-0.1, -0.05) is 0 Å². The van der Waals surface area contributed by atoms with E-state index in [0.29, 0.717) is 13.1 Å². The number of hydrogen-bond donors (Lipinski definition) is 2. The van der Waals surface area contributed by atoms with Crippen molar-refractivity contribution in [2.24, 2.45) is 12.0 Å². The standard InChI is InChI=1S/C16H25N7OS.HI/c1-11-7-17-15(25-11)10-20-16(18-8-13-5-4-6-24-13)19-9-14-22-21-12(2)23(14)3;/h7,13H,4-6,8-10H2,1-3H3,(H2,18,19,20);1H. The Balaban J connectivity index is 0.00000243. The van der Waals surface area contributed by atoms with Gasteiger partial charge in [0.15, 0.2) is 11.8 Å². The Bertz CT molecular complexity index is 724. The van der Waals surface area contributed by atoms with Crippen molar-refractivity contribution in [3.63, 3.8) is 0 Å². The normalized spacial score (nSPS) is 17.2. The molecule has 1 aliphatic rings. The Labute approximate surface area is 174 Å². The highest BCUT2D eigenvalue weighted by Gasteiger charge is 2.16. The van der Waals surface area contributed by atoms with Crippen molar-refractivity contribution < 1.29 is 4.74 Å². The van der Waals surface area contributed by atoms with E-state index in [-0.39, 0.29) is 30.1 Å². The summed E-state index contributed by atoms with van der Waals surface area (Å²) >= 11 is 1.69. The van der Waals surface area contributed by atoms with Crippen LogP contribution in [0.4, 0.5) is 0 Å². The van der Waals surface area contributed by atoms with E-state index in [1.54, 1.807) is 11.3 Å². The van der Waals surface area contributed by atoms with E-state index in [0.717, 1.165) is 48.6 Å². The fraction of sp³-hybridized carbons (Fsp3) is 0.625. The molecule has 0 bridgehead atoms. The lowest BCUT2D eigenvalue weighted by Crippen LogP contribution is -2.40. The number of ether oxygens (including phenoxy) is 1. The molecule has 144 valence electrons. The molecule has 10 heteroatoms. The minimum atomic E-state index is 0. The molecule has 1 atom stereocenters. The first-order valence-electron chi connectivity index (χ1n) is 8.52. The lowest BCUT2D eigenvalue weighted by Gasteiger charge is -2.15. The molecule has 0 aliphatic carbocycles. The zero-order valence-corrected chi connectivity index (χ0v) is 18.5. The lowest BCUT2D eigenvalue weighted by atomic mass is 10.2. The maximum atomic E-state index is 5.67. The quantitative estimate of drug-likeness (QED) is 0.365. The van der Waals surface area contributed by atoms with Crippen molar-refractivity contribution in [1.29, 1.82) is 0 Å². The van der Waals surface area contributed by atoms with Crippen LogP contribution in [0.5, 0.6) is 0 Å². The number of aromatic nitrogens is 4. The summed E-state index contributed by atoms with van der Waals surface area (Å²) in [6.07, 6.45) is 4.36. The molecule has 2 aromatic rings.